The molecule has 0 saturated carbocycles. The van der Waals surface area contributed by atoms with E-state index in [1.54, 1.807) is 31.2 Å². The highest BCUT2D eigenvalue weighted by Gasteiger charge is 2.08. The van der Waals surface area contributed by atoms with Crippen LogP contribution < -0.4 is 4.74 Å². The Labute approximate surface area is 82.9 Å². The Balaban J connectivity index is 2.70. The van der Waals surface area contributed by atoms with Crippen molar-refractivity contribution in [2.45, 2.75) is 20.0 Å². The van der Waals surface area contributed by atoms with Crippen LogP contribution in [0, 0.1) is 11.3 Å². The summed E-state index contributed by atoms with van der Waals surface area (Å²) in [7, 11) is 0. The van der Waals surface area contributed by atoms with E-state index < -0.39 is 6.10 Å². The van der Waals surface area contributed by atoms with E-state index in [0.717, 1.165) is 0 Å². The van der Waals surface area contributed by atoms with Crippen LogP contribution in [0.1, 0.15) is 19.4 Å². The van der Waals surface area contributed by atoms with Crippen LogP contribution in [0.4, 0.5) is 0 Å². The Hall–Kier alpha value is -1.82. The topological polar surface area (TPSA) is 50.1 Å². The van der Waals surface area contributed by atoms with Gasteiger partial charge in [0.05, 0.1) is 11.6 Å². The van der Waals surface area contributed by atoms with Crippen LogP contribution in [0.25, 0.3) is 0 Å². The summed E-state index contributed by atoms with van der Waals surface area (Å²) in [4.78, 5) is 10.9. The van der Waals surface area contributed by atoms with Crippen molar-refractivity contribution in [2.75, 3.05) is 0 Å². The summed E-state index contributed by atoms with van der Waals surface area (Å²) in [6.45, 7) is 3.18. The maximum absolute atomic E-state index is 10.9. The number of benzene rings is 1. The number of carbonyl (C=O) groups is 1. The summed E-state index contributed by atoms with van der Waals surface area (Å²) in [6.07, 6.45) is -0.442. The molecule has 3 nitrogen and oxygen atoms in total. The molecule has 0 spiro atoms. The van der Waals surface area contributed by atoms with Crippen molar-refractivity contribution in [3.8, 4) is 11.8 Å². The number of Topliss-reactive ketones (excluding diaryl/α,β-unsaturated/α-hetero) is 1. The zero-order valence-corrected chi connectivity index (χ0v) is 8.15. The summed E-state index contributed by atoms with van der Waals surface area (Å²) >= 11 is 0. The van der Waals surface area contributed by atoms with Crippen molar-refractivity contribution in [1.29, 1.82) is 5.26 Å². The van der Waals surface area contributed by atoms with Crippen molar-refractivity contribution in [3.63, 3.8) is 0 Å². The van der Waals surface area contributed by atoms with Gasteiger partial charge >= 0.3 is 0 Å². The third kappa shape index (κ3) is 2.60. The Bertz CT molecular complexity index is 362. The predicted octanol–water partition coefficient (Wildman–Crippen LogP) is 1.91. The molecule has 0 radical (unpaired) electrons. The molecule has 1 aromatic rings. The molecular formula is C11H11NO2. The molecular weight excluding hydrogens is 178 g/mol. The van der Waals surface area contributed by atoms with Crippen LogP contribution in [0.2, 0.25) is 0 Å². The lowest BCUT2D eigenvalue weighted by molar-refractivity contribution is -0.122. The van der Waals surface area contributed by atoms with E-state index in [1.165, 1.54) is 6.92 Å². The zero-order chi connectivity index (χ0) is 10.6. The van der Waals surface area contributed by atoms with Crippen LogP contribution in [0.5, 0.6) is 5.75 Å². The average molecular weight is 189 g/mol. The summed E-state index contributed by atoms with van der Waals surface area (Å²) < 4.78 is 5.32. The number of rotatable bonds is 3. The molecule has 14 heavy (non-hydrogen) atoms. The molecule has 1 rings (SSSR count). The summed E-state index contributed by atoms with van der Waals surface area (Å²) in [6, 6.07) is 8.67. The van der Waals surface area contributed by atoms with Crippen LogP contribution in [-0.4, -0.2) is 11.9 Å². The fourth-order valence-electron chi connectivity index (χ4n) is 0.895. The minimum atomic E-state index is -0.442. The number of ether oxygens (including phenoxy) is 1. The second-order valence-electron chi connectivity index (χ2n) is 3.01. The van der Waals surface area contributed by atoms with Gasteiger partial charge in [0.2, 0.25) is 0 Å². The smallest absolute Gasteiger partial charge is 0.169 e. The van der Waals surface area contributed by atoms with Crippen molar-refractivity contribution in [2.24, 2.45) is 0 Å². The van der Waals surface area contributed by atoms with E-state index in [2.05, 4.69) is 0 Å². The molecule has 0 aliphatic rings. The van der Waals surface area contributed by atoms with E-state index >= 15 is 0 Å². The van der Waals surface area contributed by atoms with Gasteiger partial charge in [-0.15, -0.1) is 0 Å². The lowest BCUT2D eigenvalue weighted by Gasteiger charge is -2.10. The first-order chi connectivity index (χ1) is 6.63. The van der Waals surface area contributed by atoms with Gasteiger partial charge in [-0.3, -0.25) is 4.79 Å². The molecule has 0 aliphatic carbocycles. The third-order valence-corrected chi connectivity index (χ3v) is 1.87. The molecule has 1 aromatic carbocycles. The molecule has 0 saturated heterocycles. The van der Waals surface area contributed by atoms with Crippen molar-refractivity contribution < 1.29 is 9.53 Å². The average Bonchev–Trinajstić information content (AvgIpc) is 2.19. The van der Waals surface area contributed by atoms with Crippen LogP contribution in [0.15, 0.2) is 24.3 Å². The quantitative estimate of drug-likeness (QED) is 0.729. The Morgan fingerprint density at radius 1 is 1.43 bits per heavy atom. The van der Waals surface area contributed by atoms with Crippen molar-refractivity contribution in [3.05, 3.63) is 29.8 Å². The monoisotopic (exact) mass is 189 g/mol. The van der Waals surface area contributed by atoms with Gasteiger partial charge in [-0.25, -0.2) is 0 Å². The second-order valence-corrected chi connectivity index (χ2v) is 3.01. The van der Waals surface area contributed by atoms with Gasteiger partial charge in [0.25, 0.3) is 0 Å². The molecule has 72 valence electrons. The Kier molecular flexibility index (Phi) is 3.24. The van der Waals surface area contributed by atoms with Crippen LogP contribution in [0.3, 0.4) is 0 Å². The summed E-state index contributed by atoms with van der Waals surface area (Å²) in [5, 5.41) is 8.55. The molecule has 3 heteroatoms. The molecule has 0 aliphatic heterocycles. The SMILES string of the molecule is CC(=O)[C@H](C)Oc1ccc(C#N)cc1. The largest absolute Gasteiger partial charge is 0.483 e. The van der Waals surface area contributed by atoms with Gasteiger partial charge in [-0.2, -0.15) is 5.26 Å². The number of ketones is 1. The van der Waals surface area contributed by atoms with E-state index in [4.69, 9.17) is 10.00 Å². The van der Waals surface area contributed by atoms with Gasteiger partial charge in [0, 0.05) is 0 Å². The summed E-state index contributed by atoms with van der Waals surface area (Å²) in [5.41, 5.74) is 0.577. The molecule has 0 aromatic heterocycles. The molecule has 0 N–H and O–H groups in total. The van der Waals surface area contributed by atoms with Gasteiger partial charge in [-0.1, -0.05) is 0 Å². The fourth-order valence-corrected chi connectivity index (χ4v) is 0.895. The highest BCUT2D eigenvalue weighted by atomic mass is 16.5. The van der Waals surface area contributed by atoms with Crippen LogP contribution in [-0.2, 0) is 4.79 Å². The highest BCUT2D eigenvalue weighted by Crippen LogP contribution is 2.13. The number of hydrogen-bond donors (Lipinski definition) is 0. The van der Waals surface area contributed by atoms with Gasteiger partial charge in [0.1, 0.15) is 5.75 Å². The molecule has 0 fully saturated rings. The Morgan fingerprint density at radius 3 is 2.43 bits per heavy atom. The zero-order valence-electron chi connectivity index (χ0n) is 8.15. The lowest BCUT2D eigenvalue weighted by Crippen LogP contribution is -2.20. The fraction of sp³-hybridized carbons (Fsp3) is 0.273. The number of nitrogens with zero attached hydrogens (tertiary/aromatic N) is 1. The summed E-state index contributed by atoms with van der Waals surface area (Å²) in [5.74, 6) is 0.584. The Morgan fingerprint density at radius 2 is 2.00 bits per heavy atom. The van der Waals surface area contributed by atoms with E-state index in [9.17, 15) is 4.79 Å². The predicted molar refractivity (Wildman–Crippen MR) is 51.9 cm³/mol. The normalized spacial score (nSPS) is 11.5. The maximum atomic E-state index is 10.9. The number of carbonyl (C=O) groups excluding carboxylic acids is 1. The van der Waals surface area contributed by atoms with Crippen molar-refractivity contribution in [1.82, 2.24) is 0 Å². The first-order valence-electron chi connectivity index (χ1n) is 4.30. The number of nitriles is 1. The van der Waals surface area contributed by atoms with E-state index in [1.807, 2.05) is 6.07 Å². The molecule has 0 bridgehead atoms. The maximum Gasteiger partial charge on any atom is 0.169 e. The first-order valence-corrected chi connectivity index (χ1v) is 4.30. The molecule has 1 atom stereocenters. The minimum absolute atomic E-state index is 0.0191. The molecule has 0 heterocycles. The number of hydrogen-bond acceptors (Lipinski definition) is 3. The standard InChI is InChI=1S/C11H11NO2/c1-8(13)9(2)14-11-5-3-10(7-12)4-6-11/h3-6,9H,1-2H3/t9-/m0/s1. The highest BCUT2D eigenvalue weighted by molar-refractivity contribution is 5.80. The van der Waals surface area contributed by atoms with E-state index in [-0.39, 0.29) is 5.78 Å². The first kappa shape index (κ1) is 10.3. The van der Waals surface area contributed by atoms with Gasteiger partial charge in [-0.05, 0) is 38.1 Å². The van der Waals surface area contributed by atoms with E-state index in [0.29, 0.717) is 11.3 Å². The van der Waals surface area contributed by atoms with Gasteiger partial charge < -0.3 is 4.74 Å². The van der Waals surface area contributed by atoms with Gasteiger partial charge in [0.15, 0.2) is 11.9 Å². The molecule has 0 unspecified atom stereocenters. The van der Waals surface area contributed by atoms with Crippen molar-refractivity contribution >= 4 is 5.78 Å². The second kappa shape index (κ2) is 4.43. The minimum Gasteiger partial charge on any atom is -0.483 e. The third-order valence-electron chi connectivity index (χ3n) is 1.87. The lowest BCUT2D eigenvalue weighted by atomic mass is 10.2. The van der Waals surface area contributed by atoms with Crippen LogP contribution >= 0.6 is 0 Å². The molecule has 0 amide bonds.